The molecule has 28 heavy (non-hydrogen) atoms. The van der Waals surface area contributed by atoms with E-state index in [0.717, 1.165) is 15.8 Å². The lowest BCUT2D eigenvalue weighted by atomic mass is 10.2. The number of hydrazone groups is 1. The van der Waals surface area contributed by atoms with Crippen LogP contribution in [0.3, 0.4) is 0 Å². The molecule has 1 amide bonds. The van der Waals surface area contributed by atoms with E-state index in [9.17, 15) is 4.79 Å². The number of carbonyl (C=O) groups is 1. The summed E-state index contributed by atoms with van der Waals surface area (Å²) in [5.41, 5.74) is 1.93. The van der Waals surface area contributed by atoms with Gasteiger partial charge in [-0.05, 0) is 23.8 Å². The lowest BCUT2D eigenvalue weighted by Crippen LogP contribution is -2.48. The lowest BCUT2D eigenvalue weighted by molar-refractivity contribution is -0.133. The summed E-state index contributed by atoms with van der Waals surface area (Å²) in [5, 5.41) is 15.3. The Hall–Kier alpha value is -2.64. The number of benzene rings is 2. The van der Waals surface area contributed by atoms with Crippen molar-refractivity contribution in [2.45, 2.75) is 6.54 Å². The number of thiazole rings is 1. The Bertz CT molecular complexity index is 1070. The number of amides is 1. The van der Waals surface area contributed by atoms with Gasteiger partial charge in [-0.3, -0.25) is 15.2 Å². The van der Waals surface area contributed by atoms with Crippen LogP contribution in [0.4, 0.5) is 0 Å². The SMILES string of the molecule is N=c1sc2cc(Cl)ccc2n1CC(=O)N1CCN(N=Cc2ccccc2)CC1. The highest BCUT2D eigenvalue weighted by Gasteiger charge is 2.21. The first-order chi connectivity index (χ1) is 13.6. The van der Waals surface area contributed by atoms with Gasteiger partial charge in [-0.25, -0.2) is 0 Å². The Morgan fingerprint density at radius 3 is 2.64 bits per heavy atom. The molecule has 4 rings (SSSR count). The summed E-state index contributed by atoms with van der Waals surface area (Å²) in [6.45, 7) is 2.84. The van der Waals surface area contributed by atoms with E-state index in [-0.39, 0.29) is 12.5 Å². The highest BCUT2D eigenvalue weighted by molar-refractivity contribution is 7.16. The fraction of sp³-hybridized carbons (Fsp3) is 0.250. The molecule has 0 atom stereocenters. The van der Waals surface area contributed by atoms with E-state index in [4.69, 9.17) is 17.0 Å². The van der Waals surface area contributed by atoms with E-state index >= 15 is 0 Å². The number of nitrogens with one attached hydrogen (secondary N) is 1. The van der Waals surface area contributed by atoms with Crippen LogP contribution >= 0.6 is 22.9 Å². The van der Waals surface area contributed by atoms with Crippen LogP contribution in [0, 0.1) is 5.41 Å². The van der Waals surface area contributed by atoms with E-state index in [2.05, 4.69) is 5.10 Å². The highest BCUT2D eigenvalue weighted by Crippen LogP contribution is 2.21. The molecule has 0 unspecified atom stereocenters. The summed E-state index contributed by atoms with van der Waals surface area (Å²) in [7, 11) is 0. The van der Waals surface area contributed by atoms with Crippen molar-refractivity contribution in [1.29, 1.82) is 5.41 Å². The Balaban J connectivity index is 1.38. The molecule has 0 bridgehead atoms. The van der Waals surface area contributed by atoms with Gasteiger partial charge in [0.1, 0.15) is 6.54 Å². The van der Waals surface area contributed by atoms with Crippen molar-refractivity contribution >= 4 is 45.3 Å². The maximum absolute atomic E-state index is 12.8. The maximum atomic E-state index is 12.8. The van der Waals surface area contributed by atoms with Crippen LogP contribution in [0.15, 0.2) is 53.6 Å². The van der Waals surface area contributed by atoms with Crippen molar-refractivity contribution in [1.82, 2.24) is 14.5 Å². The summed E-state index contributed by atoms with van der Waals surface area (Å²) in [4.78, 5) is 15.0. The number of aromatic nitrogens is 1. The molecule has 6 nitrogen and oxygen atoms in total. The molecule has 8 heteroatoms. The molecule has 1 aliphatic heterocycles. The highest BCUT2D eigenvalue weighted by atomic mass is 35.5. The van der Waals surface area contributed by atoms with E-state index in [0.29, 0.717) is 36.0 Å². The van der Waals surface area contributed by atoms with Crippen LogP contribution in [0.1, 0.15) is 5.56 Å². The summed E-state index contributed by atoms with van der Waals surface area (Å²) < 4.78 is 2.67. The first-order valence-electron chi connectivity index (χ1n) is 9.05. The molecular weight excluding hydrogens is 394 g/mol. The first kappa shape index (κ1) is 18.7. The van der Waals surface area contributed by atoms with Gasteiger partial charge in [0.15, 0.2) is 4.80 Å². The number of hydrogen-bond acceptors (Lipinski definition) is 5. The largest absolute Gasteiger partial charge is 0.337 e. The molecule has 0 aliphatic carbocycles. The molecule has 144 valence electrons. The molecule has 1 aromatic heterocycles. The van der Waals surface area contributed by atoms with Crippen molar-refractivity contribution in [3.8, 4) is 0 Å². The number of carbonyl (C=O) groups excluding carboxylic acids is 1. The van der Waals surface area contributed by atoms with Gasteiger partial charge in [0.25, 0.3) is 0 Å². The molecule has 0 radical (unpaired) electrons. The van der Waals surface area contributed by atoms with Crippen LogP contribution < -0.4 is 4.80 Å². The minimum Gasteiger partial charge on any atom is -0.337 e. The molecule has 1 N–H and O–H groups in total. The third kappa shape index (κ3) is 4.10. The van der Waals surface area contributed by atoms with Crippen molar-refractivity contribution in [2.24, 2.45) is 5.10 Å². The smallest absolute Gasteiger partial charge is 0.242 e. The zero-order valence-electron chi connectivity index (χ0n) is 15.2. The average molecular weight is 414 g/mol. The van der Waals surface area contributed by atoms with E-state index in [1.54, 1.807) is 10.6 Å². The standard InChI is InChI=1S/C20H20ClN5OS/c21-16-6-7-17-18(12-16)28-20(22)26(17)14-19(27)24-8-10-25(11-9-24)23-13-15-4-2-1-3-5-15/h1-7,12-13,22H,8-11,14H2. The van der Waals surface area contributed by atoms with Crippen LogP contribution in [-0.4, -0.2) is 52.8 Å². The quantitative estimate of drug-likeness (QED) is 0.668. The van der Waals surface area contributed by atoms with E-state index in [1.165, 1.54) is 11.3 Å². The minimum atomic E-state index is 0.0276. The zero-order chi connectivity index (χ0) is 19.5. The number of halogens is 1. The Labute approximate surface area is 171 Å². The molecule has 1 saturated heterocycles. The van der Waals surface area contributed by atoms with Gasteiger partial charge in [-0.15, -0.1) is 0 Å². The number of rotatable bonds is 4. The van der Waals surface area contributed by atoms with Gasteiger partial charge in [0.05, 0.1) is 29.5 Å². The monoisotopic (exact) mass is 413 g/mol. The summed E-state index contributed by atoms with van der Waals surface area (Å²) in [6, 6.07) is 15.5. The van der Waals surface area contributed by atoms with Crippen LogP contribution in [0.2, 0.25) is 5.02 Å². The minimum absolute atomic E-state index is 0.0276. The van der Waals surface area contributed by atoms with Gasteiger partial charge in [0.2, 0.25) is 5.91 Å². The van der Waals surface area contributed by atoms with Gasteiger partial charge in [0, 0.05) is 18.1 Å². The second kappa shape index (κ2) is 8.16. The van der Waals surface area contributed by atoms with Crippen LogP contribution in [0.5, 0.6) is 0 Å². The van der Waals surface area contributed by atoms with Gasteiger partial charge in [-0.1, -0.05) is 53.3 Å². The van der Waals surface area contributed by atoms with Crippen LogP contribution in [0.25, 0.3) is 10.2 Å². The molecule has 2 heterocycles. The summed E-state index contributed by atoms with van der Waals surface area (Å²) in [5.74, 6) is 0.0276. The predicted molar refractivity (Wildman–Crippen MR) is 113 cm³/mol. The van der Waals surface area contributed by atoms with Crippen molar-refractivity contribution in [3.63, 3.8) is 0 Å². The Morgan fingerprint density at radius 2 is 1.89 bits per heavy atom. The van der Waals surface area contributed by atoms with Crippen molar-refractivity contribution in [3.05, 3.63) is 63.9 Å². The second-order valence-corrected chi connectivity index (χ2v) is 8.06. The molecule has 1 aliphatic rings. The predicted octanol–water partition coefficient (Wildman–Crippen LogP) is 3.01. The van der Waals surface area contributed by atoms with Gasteiger partial charge < -0.3 is 9.47 Å². The fourth-order valence-corrected chi connectivity index (χ4v) is 4.39. The second-order valence-electron chi connectivity index (χ2n) is 6.60. The van der Waals surface area contributed by atoms with Gasteiger partial charge in [-0.2, -0.15) is 5.10 Å². The third-order valence-electron chi connectivity index (χ3n) is 4.74. The topological polar surface area (TPSA) is 64.7 Å². The summed E-state index contributed by atoms with van der Waals surface area (Å²) in [6.07, 6.45) is 1.85. The average Bonchev–Trinajstić information content (AvgIpc) is 3.01. The third-order valence-corrected chi connectivity index (χ3v) is 5.93. The number of hydrogen-bond donors (Lipinski definition) is 1. The molecule has 0 spiro atoms. The van der Waals surface area contributed by atoms with Crippen molar-refractivity contribution in [2.75, 3.05) is 26.2 Å². The molecular formula is C20H20ClN5OS. The number of nitrogens with zero attached hydrogens (tertiary/aromatic N) is 4. The maximum Gasteiger partial charge on any atom is 0.242 e. The fourth-order valence-electron chi connectivity index (χ4n) is 3.20. The Kier molecular flexibility index (Phi) is 5.45. The lowest BCUT2D eigenvalue weighted by Gasteiger charge is -2.33. The molecule has 1 fully saturated rings. The normalized spacial score (nSPS) is 14.9. The first-order valence-corrected chi connectivity index (χ1v) is 10.2. The van der Waals surface area contributed by atoms with Crippen molar-refractivity contribution < 1.29 is 4.79 Å². The Morgan fingerprint density at radius 1 is 1.14 bits per heavy atom. The summed E-state index contributed by atoms with van der Waals surface area (Å²) >= 11 is 7.36. The number of piperazine rings is 1. The van der Waals surface area contributed by atoms with Crippen LogP contribution in [-0.2, 0) is 11.3 Å². The van der Waals surface area contributed by atoms with E-state index < -0.39 is 0 Å². The molecule has 0 saturated carbocycles. The molecule has 2 aromatic carbocycles. The van der Waals surface area contributed by atoms with E-state index in [1.807, 2.05) is 58.6 Å². The molecule has 3 aromatic rings. The zero-order valence-corrected chi connectivity index (χ0v) is 16.8. The van der Waals surface area contributed by atoms with Gasteiger partial charge >= 0.3 is 0 Å². The number of fused-ring (bicyclic) bond motifs is 1.